The number of sulfonamides is 1. The zero-order chi connectivity index (χ0) is 15.2. The molecule has 3 N–H and O–H groups in total. The monoisotopic (exact) mass is 320 g/mol. The lowest BCUT2D eigenvalue weighted by molar-refractivity contribution is 0.568. The summed E-state index contributed by atoms with van der Waals surface area (Å²) in [6.45, 7) is 0.183. The summed E-state index contributed by atoms with van der Waals surface area (Å²) in [6.07, 6.45) is 1.45. The molecule has 0 radical (unpaired) electrons. The Balaban J connectivity index is 2.40. The maximum absolute atomic E-state index is 11.6. The first-order chi connectivity index (χ1) is 9.20. The van der Waals surface area contributed by atoms with Gasteiger partial charge in [-0.25, -0.2) is 21.6 Å². The fraction of sp³-hybridized carbons (Fsp3) is 0.500. The highest BCUT2D eigenvalue weighted by atomic mass is 32.2. The third-order valence-corrected chi connectivity index (χ3v) is 5.32. The van der Waals surface area contributed by atoms with Gasteiger partial charge in [-0.1, -0.05) is 30.3 Å². The van der Waals surface area contributed by atoms with Gasteiger partial charge in [-0.05, 0) is 12.0 Å². The molecular formula is C12H20N2O4S2. The van der Waals surface area contributed by atoms with Crippen molar-refractivity contribution in [1.29, 1.82) is 0 Å². The van der Waals surface area contributed by atoms with Crippen LogP contribution in [0.1, 0.15) is 18.0 Å². The number of nitrogens with two attached hydrogens (primary N) is 1. The summed E-state index contributed by atoms with van der Waals surface area (Å²) in [5.41, 5.74) is 6.87. The first-order valence-electron chi connectivity index (χ1n) is 6.15. The number of benzene rings is 1. The van der Waals surface area contributed by atoms with E-state index in [1.54, 1.807) is 0 Å². The summed E-state index contributed by atoms with van der Waals surface area (Å²) in [6, 6.07) is 9.11. The van der Waals surface area contributed by atoms with Crippen LogP contribution in [0.2, 0.25) is 0 Å². The fourth-order valence-electron chi connectivity index (χ4n) is 1.57. The highest BCUT2D eigenvalue weighted by molar-refractivity contribution is 7.93. The maximum atomic E-state index is 11.6. The highest BCUT2D eigenvalue weighted by Gasteiger charge is 2.14. The molecule has 0 aliphatic heterocycles. The fourth-order valence-corrected chi connectivity index (χ4v) is 4.23. The van der Waals surface area contributed by atoms with Crippen molar-refractivity contribution in [2.75, 3.05) is 24.3 Å². The van der Waals surface area contributed by atoms with Crippen molar-refractivity contribution in [3.63, 3.8) is 0 Å². The summed E-state index contributed by atoms with van der Waals surface area (Å²) >= 11 is 0. The van der Waals surface area contributed by atoms with E-state index in [1.165, 1.54) is 0 Å². The van der Waals surface area contributed by atoms with Gasteiger partial charge in [0, 0.05) is 18.8 Å². The molecule has 0 fully saturated rings. The number of nitrogens with one attached hydrogen (secondary N) is 1. The standard InChI is InChI=1S/C12H20N2O4S2/c1-19(15,16)9-10-20(17,18)14-8-7-12(13)11-5-3-2-4-6-11/h2-6,12,14H,7-10,13H2,1H3. The van der Waals surface area contributed by atoms with Gasteiger partial charge in [-0.3, -0.25) is 0 Å². The molecular weight excluding hydrogens is 300 g/mol. The largest absolute Gasteiger partial charge is 0.324 e. The zero-order valence-electron chi connectivity index (χ0n) is 11.3. The Morgan fingerprint density at radius 1 is 1.10 bits per heavy atom. The van der Waals surface area contributed by atoms with Crippen LogP contribution >= 0.6 is 0 Å². The summed E-state index contributed by atoms with van der Waals surface area (Å²) in [5, 5.41) is 0. The van der Waals surface area contributed by atoms with Crippen molar-refractivity contribution in [3.05, 3.63) is 35.9 Å². The Hall–Kier alpha value is -0.960. The summed E-state index contributed by atoms with van der Waals surface area (Å²) in [5.74, 6) is -0.806. The van der Waals surface area contributed by atoms with Crippen molar-refractivity contribution in [2.24, 2.45) is 5.73 Å². The smallest absolute Gasteiger partial charge is 0.212 e. The molecule has 0 aliphatic rings. The van der Waals surface area contributed by atoms with E-state index in [0.717, 1.165) is 11.8 Å². The van der Waals surface area contributed by atoms with Crippen molar-refractivity contribution in [2.45, 2.75) is 12.5 Å². The summed E-state index contributed by atoms with van der Waals surface area (Å²) in [7, 11) is -6.86. The molecule has 0 aliphatic carbocycles. The third kappa shape index (κ3) is 6.99. The number of sulfone groups is 1. The molecule has 0 amide bonds. The Morgan fingerprint density at radius 3 is 2.25 bits per heavy atom. The first kappa shape index (κ1) is 17.1. The molecule has 1 rings (SSSR count). The molecule has 6 nitrogen and oxygen atoms in total. The predicted molar refractivity (Wildman–Crippen MR) is 79.5 cm³/mol. The van der Waals surface area contributed by atoms with Gasteiger partial charge < -0.3 is 5.73 Å². The lowest BCUT2D eigenvalue weighted by atomic mass is 10.1. The topological polar surface area (TPSA) is 106 Å². The third-order valence-electron chi connectivity index (χ3n) is 2.73. The van der Waals surface area contributed by atoms with Crippen LogP contribution in [0, 0.1) is 0 Å². The number of hydrogen-bond donors (Lipinski definition) is 2. The lowest BCUT2D eigenvalue weighted by Crippen LogP contribution is -2.31. The van der Waals surface area contributed by atoms with Crippen LogP contribution in [0.5, 0.6) is 0 Å². The molecule has 1 aromatic rings. The minimum Gasteiger partial charge on any atom is -0.324 e. The predicted octanol–water partition coefficient (Wildman–Crippen LogP) is 0.0405. The van der Waals surface area contributed by atoms with Crippen LogP contribution in [0.25, 0.3) is 0 Å². The quantitative estimate of drug-likeness (QED) is 0.703. The van der Waals surface area contributed by atoms with Crippen molar-refractivity contribution in [3.8, 4) is 0 Å². The molecule has 1 aromatic carbocycles. The molecule has 0 heterocycles. The second-order valence-corrected chi connectivity index (χ2v) is 8.84. The van der Waals surface area contributed by atoms with E-state index in [-0.39, 0.29) is 18.3 Å². The van der Waals surface area contributed by atoms with Gasteiger partial charge in [-0.2, -0.15) is 0 Å². The van der Waals surface area contributed by atoms with Gasteiger partial charge in [0.1, 0.15) is 9.84 Å². The summed E-state index contributed by atoms with van der Waals surface area (Å²) < 4.78 is 47.4. The lowest BCUT2D eigenvalue weighted by Gasteiger charge is -2.12. The first-order valence-corrected chi connectivity index (χ1v) is 9.86. The molecule has 0 aromatic heterocycles. The van der Waals surface area contributed by atoms with Gasteiger partial charge in [0.15, 0.2) is 0 Å². The van der Waals surface area contributed by atoms with E-state index < -0.39 is 25.6 Å². The van der Waals surface area contributed by atoms with Crippen LogP contribution in [0.4, 0.5) is 0 Å². The minimum atomic E-state index is -3.58. The van der Waals surface area contributed by atoms with E-state index in [9.17, 15) is 16.8 Å². The van der Waals surface area contributed by atoms with Crippen molar-refractivity contribution >= 4 is 19.9 Å². The SMILES string of the molecule is CS(=O)(=O)CCS(=O)(=O)NCCC(N)c1ccccc1. The van der Waals surface area contributed by atoms with Crippen LogP contribution in [-0.4, -0.2) is 41.1 Å². The van der Waals surface area contributed by atoms with Crippen LogP contribution in [0.15, 0.2) is 30.3 Å². The van der Waals surface area contributed by atoms with Gasteiger partial charge in [0.05, 0.1) is 11.5 Å². The zero-order valence-corrected chi connectivity index (χ0v) is 13.0. The molecule has 0 saturated heterocycles. The summed E-state index contributed by atoms with van der Waals surface area (Å²) in [4.78, 5) is 0. The average Bonchev–Trinajstić information content (AvgIpc) is 2.37. The average molecular weight is 320 g/mol. The molecule has 0 saturated carbocycles. The van der Waals surface area contributed by atoms with Gasteiger partial charge in [0.25, 0.3) is 0 Å². The maximum Gasteiger partial charge on any atom is 0.212 e. The van der Waals surface area contributed by atoms with Gasteiger partial charge in [-0.15, -0.1) is 0 Å². The van der Waals surface area contributed by atoms with Crippen LogP contribution in [-0.2, 0) is 19.9 Å². The number of rotatable bonds is 8. The van der Waals surface area contributed by atoms with Crippen molar-refractivity contribution in [1.82, 2.24) is 4.72 Å². The second-order valence-electron chi connectivity index (χ2n) is 4.65. The molecule has 1 unspecified atom stereocenters. The van der Waals surface area contributed by atoms with Crippen molar-refractivity contribution < 1.29 is 16.8 Å². The van der Waals surface area contributed by atoms with E-state index in [4.69, 9.17) is 5.73 Å². The van der Waals surface area contributed by atoms with Gasteiger partial charge >= 0.3 is 0 Å². The molecule has 1 atom stereocenters. The van der Waals surface area contributed by atoms with Gasteiger partial charge in [0.2, 0.25) is 10.0 Å². The Bertz CT molecular complexity index is 612. The van der Waals surface area contributed by atoms with Crippen LogP contribution in [0.3, 0.4) is 0 Å². The Labute approximate surface area is 120 Å². The minimum absolute atomic E-state index is 0.183. The number of hydrogen-bond acceptors (Lipinski definition) is 5. The van der Waals surface area contributed by atoms with E-state index in [1.807, 2.05) is 30.3 Å². The molecule has 8 heteroatoms. The second kappa shape index (κ2) is 7.16. The Morgan fingerprint density at radius 2 is 1.70 bits per heavy atom. The molecule has 20 heavy (non-hydrogen) atoms. The Kier molecular flexibility index (Phi) is 6.12. The molecule has 0 spiro atoms. The van der Waals surface area contributed by atoms with E-state index in [2.05, 4.69) is 4.72 Å². The van der Waals surface area contributed by atoms with E-state index >= 15 is 0 Å². The normalized spacial score (nSPS) is 14.1. The molecule has 0 bridgehead atoms. The highest BCUT2D eigenvalue weighted by Crippen LogP contribution is 2.12. The molecule has 114 valence electrons. The van der Waals surface area contributed by atoms with E-state index in [0.29, 0.717) is 6.42 Å². The van der Waals surface area contributed by atoms with Crippen LogP contribution < -0.4 is 10.5 Å².